The Balaban J connectivity index is 2.10. The average molecular weight is 265 g/mol. The Morgan fingerprint density at radius 3 is 2.74 bits per heavy atom. The summed E-state index contributed by atoms with van der Waals surface area (Å²) in [5.74, 6) is 0.622. The Morgan fingerprint density at radius 2 is 2.00 bits per heavy atom. The zero-order valence-corrected chi connectivity index (χ0v) is 12.4. The van der Waals surface area contributed by atoms with Gasteiger partial charge in [-0.2, -0.15) is 0 Å². The first-order valence-corrected chi connectivity index (χ1v) is 7.07. The van der Waals surface area contributed by atoms with Gasteiger partial charge in [0.2, 0.25) is 0 Å². The molecule has 0 atom stereocenters. The van der Waals surface area contributed by atoms with Crippen LogP contribution in [0.25, 0.3) is 0 Å². The summed E-state index contributed by atoms with van der Waals surface area (Å²) in [6.45, 7) is 8.62. The number of benzene rings is 1. The third kappa shape index (κ3) is 7.98. The second-order valence-corrected chi connectivity index (χ2v) is 5.25. The van der Waals surface area contributed by atoms with Crippen LogP contribution in [0.15, 0.2) is 24.3 Å². The molecule has 0 aliphatic heterocycles. The monoisotopic (exact) mass is 265 g/mol. The Morgan fingerprint density at radius 1 is 1.21 bits per heavy atom. The summed E-state index contributed by atoms with van der Waals surface area (Å²) < 4.78 is 10.7. The van der Waals surface area contributed by atoms with Crippen LogP contribution in [0.2, 0.25) is 0 Å². The van der Waals surface area contributed by atoms with E-state index in [1.807, 2.05) is 0 Å². The summed E-state index contributed by atoms with van der Waals surface area (Å²) in [6, 6.07) is 8.50. The van der Waals surface area contributed by atoms with Crippen molar-refractivity contribution in [1.82, 2.24) is 5.32 Å². The van der Waals surface area contributed by atoms with Crippen LogP contribution in [0.4, 0.5) is 0 Å². The van der Waals surface area contributed by atoms with Crippen LogP contribution in [-0.4, -0.2) is 26.9 Å². The molecule has 0 fully saturated rings. The van der Waals surface area contributed by atoms with Crippen LogP contribution in [0.1, 0.15) is 31.4 Å². The zero-order valence-electron chi connectivity index (χ0n) is 12.4. The van der Waals surface area contributed by atoms with Crippen LogP contribution >= 0.6 is 0 Å². The topological polar surface area (TPSA) is 30.5 Å². The third-order valence-corrected chi connectivity index (χ3v) is 2.72. The highest BCUT2D eigenvalue weighted by Crippen LogP contribution is 2.06. The molecular formula is C16H27NO2. The van der Waals surface area contributed by atoms with E-state index >= 15 is 0 Å². The highest BCUT2D eigenvalue weighted by atomic mass is 16.5. The second-order valence-electron chi connectivity index (χ2n) is 5.25. The summed E-state index contributed by atoms with van der Waals surface area (Å²) in [7, 11) is 1.72. The molecule has 1 aromatic rings. The van der Waals surface area contributed by atoms with Gasteiger partial charge >= 0.3 is 0 Å². The second kappa shape index (κ2) is 9.96. The molecule has 0 aliphatic carbocycles. The Kier molecular flexibility index (Phi) is 8.47. The first kappa shape index (κ1) is 16.2. The van der Waals surface area contributed by atoms with Gasteiger partial charge in [-0.1, -0.05) is 38.1 Å². The molecule has 0 heterocycles. The third-order valence-electron chi connectivity index (χ3n) is 2.72. The Labute approximate surface area is 117 Å². The number of rotatable bonds is 10. The summed E-state index contributed by atoms with van der Waals surface area (Å²) in [6.07, 6.45) is 1.06. The molecule has 0 bridgehead atoms. The maximum absolute atomic E-state index is 5.54. The SMILES string of the molecule is COCc1cccc(CNCCCOCC(C)C)c1. The van der Waals surface area contributed by atoms with Crippen molar-refractivity contribution >= 4 is 0 Å². The summed E-state index contributed by atoms with van der Waals surface area (Å²) >= 11 is 0. The van der Waals surface area contributed by atoms with Crippen LogP contribution in [0.3, 0.4) is 0 Å². The van der Waals surface area contributed by atoms with Gasteiger partial charge in [0.1, 0.15) is 0 Å². The number of nitrogens with one attached hydrogen (secondary N) is 1. The standard InChI is InChI=1S/C16H27NO2/c1-14(2)12-19-9-5-8-17-11-15-6-4-7-16(10-15)13-18-3/h4,6-7,10,14,17H,5,8-9,11-13H2,1-3H3. The molecule has 0 aromatic heterocycles. The van der Waals surface area contributed by atoms with Gasteiger partial charge in [0.05, 0.1) is 6.61 Å². The molecule has 19 heavy (non-hydrogen) atoms. The quantitative estimate of drug-likeness (QED) is 0.660. The van der Waals surface area contributed by atoms with E-state index in [-0.39, 0.29) is 0 Å². The van der Waals surface area contributed by atoms with Gasteiger partial charge < -0.3 is 14.8 Å². The van der Waals surface area contributed by atoms with E-state index < -0.39 is 0 Å². The van der Waals surface area contributed by atoms with Crippen molar-refractivity contribution < 1.29 is 9.47 Å². The number of methoxy groups -OCH3 is 1. The first-order valence-electron chi connectivity index (χ1n) is 7.07. The molecule has 0 saturated carbocycles. The van der Waals surface area contributed by atoms with Gasteiger partial charge in [-0.15, -0.1) is 0 Å². The highest BCUT2D eigenvalue weighted by molar-refractivity contribution is 5.22. The van der Waals surface area contributed by atoms with Crippen molar-refractivity contribution in [3.05, 3.63) is 35.4 Å². The first-order chi connectivity index (χ1) is 9.22. The zero-order chi connectivity index (χ0) is 13.9. The lowest BCUT2D eigenvalue weighted by molar-refractivity contribution is 0.108. The molecule has 108 valence electrons. The maximum atomic E-state index is 5.54. The predicted molar refractivity (Wildman–Crippen MR) is 79.1 cm³/mol. The molecule has 0 saturated heterocycles. The molecule has 0 unspecified atom stereocenters. The smallest absolute Gasteiger partial charge is 0.0713 e. The van der Waals surface area contributed by atoms with Crippen LogP contribution in [-0.2, 0) is 22.6 Å². The van der Waals surface area contributed by atoms with Crippen LogP contribution in [0.5, 0.6) is 0 Å². The molecule has 1 N–H and O–H groups in total. The largest absolute Gasteiger partial charge is 0.381 e. The van der Waals surface area contributed by atoms with E-state index in [1.54, 1.807) is 7.11 Å². The van der Waals surface area contributed by atoms with Crippen molar-refractivity contribution in [2.75, 3.05) is 26.9 Å². The molecular weight excluding hydrogens is 238 g/mol. The van der Waals surface area contributed by atoms with Gasteiger partial charge in [-0.3, -0.25) is 0 Å². The fraction of sp³-hybridized carbons (Fsp3) is 0.625. The van der Waals surface area contributed by atoms with E-state index in [2.05, 4.69) is 43.4 Å². The molecule has 3 heteroatoms. The normalized spacial score (nSPS) is 11.2. The van der Waals surface area contributed by atoms with E-state index in [0.717, 1.165) is 32.7 Å². The van der Waals surface area contributed by atoms with Gasteiger partial charge in [0.15, 0.2) is 0 Å². The van der Waals surface area contributed by atoms with Gasteiger partial charge in [-0.25, -0.2) is 0 Å². The van der Waals surface area contributed by atoms with Crippen LogP contribution < -0.4 is 5.32 Å². The fourth-order valence-corrected chi connectivity index (χ4v) is 1.85. The minimum Gasteiger partial charge on any atom is -0.381 e. The summed E-state index contributed by atoms with van der Waals surface area (Å²) in [5, 5.41) is 3.44. The molecule has 0 spiro atoms. The predicted octanol–water partition coefficient (Wildman–Crippen LogP) is 2.99. The average Bonchev–Trinajstić information content (AvgIpc) is 2.38. The van der Waals surface area contributed by atoms with Gasteiger partial charge in [-0.05, 0) is 30.0 Å². The fourth-order valence-electron chi connectivity index (χ4n) is 1.85. The lowest BCUT2D eigenvalue weighted by atomic mass is 10.1. The number of ether oxygens (including phenoxy) is 2. The minimum atomic E-state index is 0.622. The summed E-state index contributed by atoms with van der Waals surface area (Å²) in [5.41, 5.74) is 2.53. The number of hydrogen-bond acceptors (Lipinski definition) is 3. The van der Waals surface area contributed by atoms with E-state index in [1.165, 1.54) is 11.1 Å². The molecule has 3 nitrogen and oxygen atoms in total. The van der Waals surface area contributed by atoms with Gasteiger partial charge in [0.25, 0.3) is 0 Å². The lowest BCUT2D eigenvalue weighted by Crippen LogP contribution is -2.17. The van der Waals surface area contributed by atoms with Crippen molar-refractivity contribution in [3.63, 3.8) is 0 Å². The van der Waals surface area contributed by atoms with E-state index in [9.17, 15) is 0 Å². The molecule has 1 aromatic carbocycles. The van der Waals surface area contributed by atoms with Crippen molar-refractivity contribution in [2.24, 2.45) is 5.92 Å². The summed E-state index contributed by atoms with van der Waals surface area (Å²) in [4.78, 5) is 0. The van der Waals surface area contributed by atoms with Crippen molar-refractivity contribution in [1.29, 1.82) is 0 Å². The van der Waals surface area contributed by atoms with Crippen LogP contribution in [0, 0.1) is 5.92 Å². The lowest BCUT2D eigenvalue weighted by Gasteiger charge is -2.08. The van der Waals surface area contributed by atoms with E-state index in [4.69, 9.17) is 9.47 Å². The van der Waals surface area contributed by atoms with Crippen molar-refractivity contribution in [3.8, 4) is 0 Å². The minimum absolute atomic E-state index is 0.622. The van der Waals surface area contributed by atoms with E-state index in [0.29, 0.717) is 12.5 Å². The molecule has 0 amide bonds. The highest BCUT2D eigenvalue weighted by Gasteiger charge is 1.97. The van der Waals surface area contributed by atoms with Crippen molar-refractivity contribution in [2.45, 2.75) is 33.4 Å². The van der Waals surface area contributed by atoms with Gasteiger partial charge in [0, 0.05) is 26.9 Å². The molecule has 0 aliphatic rings. The molecule has 1 rings (SSSR count). The molecule has 0 radical (unpaired) electrons. The Bertz CT molecular complexity index is 339. The Hall–Kier alpha value is -0.900. The maximum Gasteiger partial charge on any atom is 0.0713 e. The number of hydrogen-bond donors (Lipinski definition) is 1.